The Bertz CT molecular complexity index is 681. The highest BCUT2D eigenvalue weighted by molar-refractivity contribution is 7.89. The normalized spacial score (nSPS) is 12.8. The molecule has 2 aromatic heterocycles. The van der Waals surface area contributed by atoms with E-state index in [4.69, 9.17) is 5.14 Å². The van der Waals surface area contributed by atoms with Crippen LogP contribution in [0.3, 0.4) is 0 Å². The minimum atomic E-state index is -3.67. The van der Waals surface area contributed by atoms with Gasteiger partial charge >= 0.3 is 6.03 Å². The maximum atomic E-state index is 11.9. The lowest BCUT2D eigenvalue weighted by atomic mass is 10.2. The Balaban J connectivity index is 1.91. The van der Waals surface area contributed by atoms with Gasteiger partial charge in [-0.1, -0.05) is 12.1 Å². The van der Waals surface area contributed by atoms with Crippen molar-refractivity contribution in [3.8, 4) is 0 Å². The van der Waals surface area contributed by atoms with Gasteiger partial charge in [0.05, 0.1) is 18.3 Å². The Morgan fingerprint density at radius 3 is 2.36 bits per heavy atom. The van der Waals surface area contributed by atoms with Crippen molar-refractivity contribution in [3.05, 3.63) is 44.8 Å². The summed E-state index contributed by atoms with van der Waals surface area (Å²) in [6.07, 6.45) is 0.431. The van der Waals surface area contributed by atoms with Gasteiger partial charge in [-0.2, -0.15) is 0 Å². The van der Waals surface area contributed by atoms with Crippen molar-refractivity contribution in [2.45, 2.75) is 19.0 Å². The van der Waals surface area contributed by atoms with Crippen LogP contribution in [-0.2, 0) is 23.0 Å². The molecule has 0 aliphatic carbocycles. The van der Waals surface area contributed by atoms with Crippen LogP contribution in [0.5, 0.6) is 0 Å². The average Bonchev–Trinajstić information content (AvgIpc) is 3.06. The summed E-state index contributed by atoms with van der Waals surface area (Å²) in [6, 6.07) is 6.63. The Hall–Kier alpha value is -1.42. The largest absolute Gasteiger partial charge is 0.334 e. The number of carbonyl (C=O) groups is 1. The molecule has 0 aliphatic rings. The quantitative estimate of drug-likeness (QED) is 0.698. The molecule has 4 N–H and O–H groups in total. The fraction of sp³-hybridized carbons (Fsp3) is 0.308. The van der Waals surface area contributed by atoms with E-state index >= 15 is 0 Å². The van der Waals surface area contributed by atoms with Gasteiger partial charge in [-0.15, -0.1) is 22.7 Å². The number of primary sulfonamides is 1. The summed E-state index contributed by atoms with van der Waals surface area (Å²) in [6.45, 7) is 0.407. The molecule has 6 nitrogen and oxygen atoms in total. The summed E-state index contributed by atoms with van der Waals surface area (Å²) in [7, 11) is -3.67. The lowest BCUT2D eigenvalue weighted by Gasteiger charge is -2.17. The number of urea groups is 1. The summed E-state index contributed by atoms with van der Waals surface area (Å²) in [4.78, 5) is 13.9. The zero-order valence-electron chi connectivity index (χ0n) is 11.7. The standard InChI is InChI=1S/C13H17N3O3S3/c14-22(18,19)9-10(7-11-3-1-5-20-11)16-13(17)15-8-12-4-2-6-21-12/h1-6,10H,7-9H2,(H2,14,18,19)(H2,15,16,17). The third kappa shape index (κ3) is 6.14. The van der Waals surface area contributed by atoms with Crippen LogP contribution in [-0.4, -0.2) is 26.2 Å². The highest BCUT2D eigenvalue weighted by Gasteiger charge is 2.19. The van der Waals surface area contributed by atoms with E-state index < -0.39 is 22.1 Å². The van der Waals surface area contributed by atoms with E-state index in [1.54, 1.807) is 11.3 Å². The van der Waals surface area contributed by atoms with Crippen LogP contribution in [0.4, 0.5) is 4.79 Å². The fourth-order valence-electron chi connectivity index (χ4n) is 1.92. The molecular formula is C13H17N3O3S3. The number of hydrogen-bond acceptors (Lipinski definition) is 5. The minimum Gasteiger partial charge on any atom is -0.334 e. The molecule has 0 bridgehead atoms. The first kappa shape index (κ1) is 16.9. The molecule has 120 valence electrons. The maximum absolute atomic E-state index is 11.9. The molecule has 2 rings (SSSR count). The highest BCUT2D eigenvalue weighted by Crippen LogP contribution is 2.12. The summed E-state index contributed by atoms with van der Waals surface area (Å²) in [5.41, 5.74) is 0. The number of rotatable bonds is 7. The van der Waals surface area contributed by atoms with Gasteiger partial charge in [0.1, 0.15) is 0 Å². The van der Waals surface area contributed by atoms with Crippen molar-refractivity contribution in [3.63, 3.8) is 0 Å². The second kappa shape index (κ2) is 7.73. The number of sulfonamides is 1. The third-order valence-corrected chi connectivity index (χ3v) is 5.44. The molecule has 0 saturated carbocycles. The topological polar surface area (TPSA) is 101 Å². The zero-order valence-corrected chi connectivity index (χ0v) is 14.1. The van der Waals surface area contributed by atoms with Gasteiger partial charge in [-0.25, -0.2) is 18.4 Å². The van der Waals surface area contributed by atoms with Crippen LogP contribution in [0.2, 0.25) is 0 Å². The summed E-state index contributed by atoms with van der Waals surface area (Å²) >= 11 is 3.05. The van der Waals surface area contributed by atoms with Gasteiger partial charge in [-0.3, -0.25) is 0 Å². The second-order valence-electron chi connectivity index (χ2n) is 4.72. The molecule has 0 fully saturated rings. The van der Waals surface area contributed by atoms with Crippen molar-refractivity contribution < 1.29 is 13.2 Å². The molecule has 2 amide bonds. The highest BCUT2D eigenvalue weighted by atomic mass is 32.2. The zero-order chi connectivity index (χ0) is 16.0. The first-order valence-corrected chi connectivity index (χ1v) is 9.99. The first-order valence-electron chi connectivity index (χ1n) is 6.52. The summed E-state index contributed by atoms with van der Waals surface area (Å²) in [5.74, 6) is -0.294. The smallest absolute Gasteiger partial charge is 0.315 e. The number of nitrogens with two attached hydrogens (primary N) is 1. The summed E-state index contributed by atoms with van der Waals surface area (Å²) < 4.78 is 22.6. The molecule has 1 atom stereocenters. The average molecular weight is 359 g/mol. The van der Waals surface area contributed by atoms with E-state index in [-0.39, 0.29) is 5.75 Å². The lowest BCUT2D eigenvalue weighted by Crippen LogP contribution is -2.46. The van der Waals surface area contributed by atoms with E-state index in [9.17, 15) is 13.2 Å². The number of amides is 2. The Labute approximate surface area is 137 Å². The molecule has 2 aromatic rings. The minimum absolute atomic E-state index is 0.294. The van der Waals surface area contributed by atoms with E-state index in [1.165, 1.54) is 11.3 Å². The second-order valence-corrected chi connectivity index (χ2v) is 8.44. The number of hydrogen-bond donors (Lipinski definition) is 3. The van der Waals surface area contributed by atoms with Crippen LogP contribution in [0.15, 0.2) is 35.0 Å². The molecule has 0 aliphatic heterocycles. The fourth-order valence-corrected chi connectivity index (χ4v) is 4.11. The van der Waals surface area contributed by atoms with Gasteiger partial charge in [-0.05, 0) is 22.9 Å². The van der Waals surface area contributed by atoms with Crippen LogP contribution in [0.1, 0.15) is 9.75 Å². The van der Waals surface area contributed by atoms with Crippen molar-refractivity contribution in [2.24, 2.45) is 5.14 Å². The van der Waals surface area contributed by atoms with Gasteiger partial charge in [0.15, 0.2) is 0 Å². The third-order valence-electron chi connectivity index (χ3n) is 2.80. The first-order chi connectivity index (χ1) is 10.4. The number of nitrogens with one attached hydrogen (secondary N) is 2. The van der Waals surface area contributed by atoms with Gasteiger partial charge in [0.25, 0.3) is 0 Å². The molecule has 0 aromatic carbocycles. The monoisotopic (exact) mass is 359 g/mol. The summed E-state index contributed by atoms with van der Waals surface area (Å²) in [5, 5.41) is 14.3. The van der Waals surface area contributed by atoms with E-state index in [0.29, 0.717) is 13.0 Å². The van der Waals surface area contributed by atoms with Crippen molar-refractivity contribution >= 4 is 38.7 Å². The molecule has 0 radical (unpaired) electrons. The van der Waals surface area contributed by atoms with E-state index in [1.807, 2.05) is 35.0 Å². The molecule has 2 heterocycles. The predicted octanol–water partition coefficient (Wildman–Crippen LogP) is 1.51. The van der Waals surface area contributed by atoms with Crippen molar-refractivity contribution in [1.29, 1.82) is 0 Å². The SMILES string of the molecule is NS(=O)(=O)CC(Cc1cccs1)NC(=O)NCc1cccs1. The lowest BCUT2D eigenvalue weighted by molar-refractivity contribution is 0.237. The Morgan fingerprint density at radius 1 is 1.18 bits per heavy atom. The predicted molar refractivity (Wildman–Crippen MR) is 89.5 cm³/mol. The van der Waals surface area contributed by atoms with Crippen molar-refractivity contribution in [2.75, 3.05) is 5.75 Å². The van der Waals surface area contributed by atoms with Crippen LogP contribution >= 0.6 is 22.7 Å². The molecule has 9 heteroatoms. The number of thiophene rings is 2. The van der Waals surface area contributed by atoms with Crippen LogP contribution in [0, 0.1) is 0 Å². The Kier molecular flexibility index (Phi) is 5.95. The molecule has 0 saturated heterocycles. The molecular weight excluding hydrogens is 342 g/mol. The van der Waals surface area contributed by atoms with Crippen molar-refractivity contribution in [1.82, 2.24) is 10.6 Å². The van der Waals surface area contributed by atoms with E-state index in [0.717, 1.165) is 9.75 Å². The van der Waals surface area contributed by atoms with Crippen LogP contribution < -0.4 is 15.8 Å². The van der Waals surface area contributed by atoms with Crippen LogP contribution in [0.25, 0.3) is 0 Å². The molecule has 0 spiro atoms. The van der Waals surface area contributed by atoms with Gasteiger partial charge in [0, 0.05) is 16.2 Å². The Morgan fingerprint density at radius 2 is 1.82 bits per heavy atom. The van der Waals surface area contributed by atoms with Gasteiger partial charge < -0.3 is 10.6 Å². The number of carbonyl (C=O) groups excluding carboxylic acids is 1. The van der Waals surface area contributed by atoms with Gasteiger partial charge in [0.2, 0.25) is 10.0 Å². The molecule has 1 unspecified atom stereocenters. The van der Waals surface area contributed by atoms with E-state index in [2.05, 4.69) is 10.6 Å². The molecule has 22 heavy (non-hydrogen) atoms. The maximum Gasteiger partial charge on any atom is 0.315 e.